The Morgan fingerprint density at radius 1 is 0.688 bits per heavy atom. The van der Waals surface area contributed by atoms with Crippen molar-refractivity contribution in [2.45, 2.75) is 12.3 Å². The second-order valence-corrected chi connectivity index (χ2v) is 8.58. The molecule has 1 unspecified atom stereocenters. The molecule has 152 valence electrons. The number of benzene rings is 4. The van der Waals surface area contributed by atoms with Gasteiger partial charge in [-0.3, -0.25) is 0 Å². The van der Waals surface area contributed by atoms with E-state index in [2.05, 4.69) is 102 Å². The van der Waals surface area contributed by atoms with E-state index in [0.29, 0.717) is 5.92 Å². The third kappa shape index (κ3) is 2.53. The van der Waals surface area contributed by atoms with E-state index in [9.17, 15) is 0 Å². The predicted molar refractivity (Wildman–Crippen MR) is 132 cm³/mol. The number of para-hydroxylation sites is 3. The van der Waals surface area contributed by atoms with E-state index in [0.717, 1.165) is 17.6 Å². The van der Waals surface area contributed by atoms with E-state index in [1.54, 1.807) is 0 Å². The largest absolute Gasteiger partial charge is 0.456 e. The number of furan rings is 1. The van der Waals surface area contributed by atoms with Crippen LogP contribution in [0.15, 0.2) is 108 Å². The maximum absolute atomic E-state index is 6.04. The number of fused-ring (bicyclic) bond motifs is 6. The lowest BCUT2D eigenvalue weighted by molar-refractivity contribution is 0.668. The zero-order valence-electron chi connectivity index (χ0n) is 17.5. The van der Waals surface area contributed by atoms with Gasteiger partial charge in [0.25, 0.3) is 0 Å². The van der Waals surface area contributed by atoms with Gasteiger partial charge in [0.2, 0.25) is 0 Å². The van der Waals surface area contributed by atoms with E-state index in [1.807, 2.05) is 12.1 Å². The molecule has 4 aromatic carbocycles. The number of rotatable bonds is 2. The molecule has 0 bridgehead atoms. The topological polar surface area (TPSA) is 18.1 Å². The first-order valence-corrected chi connectivity index (χ1v) is 11.1. The molecule has 0 fully saturated rings. The first-order valence-electron chi connectivity index (χ1n) is 11.1. The standard InChI is InChI=1S/C30H21NO/c1-2-8-22(9-3-1)31-27-12-6-4-10-23(27)25-18-20(14-16-28(25)31)21-15-17-30-26(19-21)24-11-5-7-13-29(24)32-30/h1-17,19-20H,18H2. The Morgan fingerprint density at radius 3 is 2.34 bits per heavy atom. The minimum absolute atomic E-state index is 0.343. The van der Waals surface area contributed by atoms with Crippen LogP contribution in [-0.4, -0.2) is 4.57 Å². The van der Waals surface area contributed by atoms with Gasteiger partial charge in [0, 0.05) is 33.5 Å². The van der Waals surface area contributed by atoms with Gasteiger partial charge in [0.15, 0.2) is 0 Å². The van der Waals surface area contributed by atoms with Crippen LogP contribution in [0.1, 0.15) is 22.7 Å². The number of hydrogen-bond acceptors (Lipinski definition) is 1. The molecule has 1 aliphatic rings. The molecule has 0 amide bonds. The Morgan fingerprint density at radius 2 is 1.44 bits per heavy atom. The van der Waals surface area contributed by atoms with Crippen LogP contribution in [0.3, 0.4) is 0 Å². The number of allylic oxidation sites excluding steroid dienone is 1. The molecule has 0 N–H and O–H groups in total. The minimum Gasteiger partial charge on any atom is -0.456 e. The van der Waals surface area contributed by atoms with Gasteiger partial charge in [-0.05, 0) is 60.0 Å². The molecule has 1 atom stereocenters. The summed E-state index contributed by atoms with van der Waals surface area (Å²) in [5.41, 5.74) is 8.44. The van der Waals surface area contributed by atoms with Gasteiger partial charge >= 0.3 is 0 Å². The first-order chi connectivity index (χ1) is 15.9. The summed E-state index contributed by atoms with van der Waals surface area (Å²) in [6.07, 6.45) is 5.67. The van der Waals surface area contributed by atoms with Crippen LogP contribution in [0.2, 0.25) is 0 Å². The summed E-state index contributed by atoms with van der Waals surface area (Å²) in [5.74, 6) is 0.343. The summed E-state index contributed by atoms with van der Waals surface area (Å²) in [7, 11) is 0. The van der Waals surface area contributed by atoms with E-state index in [4.69, 9.17) is 4.42 Å². The van der Waals surface area contributed by atoms with Crippen LogP contribution in [0, 0.1) is 0 Å². The Kier molecular flexibility index (Phi) is 3.71. The number of nitrogens with zero attached hydrogens (tertiary/aromatic N) is 1. The molecule has 0 aliphatic heterocycles. The van der Waals surface area contributed by atoms with E-state index < -0.39 is 0 Å². The van der Waals surface area contributed by atoms with Crippen molar-refractivity contribution in [2.75, 3.05) is 0 Å². The van der Waals surface area contributed by atoms with Crippen LogP contribution in [0.4, 0.5) is 0 Å². The molecule has 0 radical (unpaired) electrons. The zero-order chi connectivity index (χ0) is 21.1. The molecule has 2 nitrogen and oxygen atoms in total. The monoisotopic (exact) mass is 411 g/mol. The second-order valence-electron chi connectivity index (χ2n) is 8.58. The molecule has 2 aromatic heterocycles. The molecule has 2 heteroatoms. The van der Waals surface area contributed by atoms with Gasteiger partial charge in [-0.25, -0.2) is 0 Å². The van der Waals surface area contributed by atoms with E-state index in [1.165, 1.54) is 44.2 Å². The van der Waals surface area contributed by atoms with Crippen LogP contribution in [-0.2, 0) is 6.42 Å². The summed E-state index contributed by atoms with van der Waals surface area (Å²) >= 11 is 0. The lowest BCUT2D eigenvalue weighted by Crippen LogP contribution is -2.07. The van der Waals surface area contributed by atoms with Crippen LogP contribution in [0.25, 0.3) is 44.6 Å². The van der Waals surface area contributed by atoms with Gasteiger partial charge < -0.3 is 8.98 Å². The third-order valence-corrected chi connectivity index (χ3v) is 6.77. The smallest absolute Gasteiger partial charge is 0.135 e. The normalized spacial score (nSPS) is 15.6. The Bertz CT molecular complexity index is 1650. The minimum atomic E-state index is 0.343. The summed E-state index contributed by atoms with van der Waals surface area (Å²) in [5, 5.41) is 3.73. The number of aromatic nitrogens is 1. The Balaban J connectivity index is 1.38. The van der Waals surface area contributed by atoms with Crippen LogP contribution < -0.4 is 0 Å². The SMILES string of the molecule is C1=CC(c2ccc3oc4ccccc4c3c2)Cc2c1n(-c1ccccc1)c1ccccc21. The molecule has 0 saturated heterocycles. The Labute approximate surface area is 186 Å². The van der Waals surface area contributed by atoms with Crippen molar-refractivity contribution >= 4 is 38.9 Å². The van der Waals surface area contributed by atoms with Gasteiger partial charge in [-0.2, -0.15) is 0 Å². The third-order valence-electron chi connectivity index (χ3n) is 6.77. The molecule has 6 aromatic rings. The van der Waals surface area contributed by atoms with Crippen LogP contribution in [0.5, 0.6) is 0 Å². The average Bonchev–Trinajstić information content (AvgIpc) is 3.39. The summed E-state index contributed by atoms with van der Waals surface area (Å²) in [6.45, 7) is 0. The average molecular weight is 412 g/mol. The second kappa shape index (κ2) is 6.73. The summed E-state index contributed by atoms with van der Waals surface area (Å²) < 4.78 is 8.43. The maximum Gasteiger partial charge on any atom is 0.135 e. The summed E-state index contributed by atoms with van der Waals surface area (Å²) in [4.78, 5) is 0. The molecule has 0 spiro atoms. The van der Waals surface area contributed by atoms with Gasteiger partial charge in [0.1, 0.15) is 11.2 Å². The highest BCUT2D eigenvalue weighted by Gasteiger charge is 2.23. The lowest BCUT2D eigenvalue weighted by atomic mass is 9.86. The van der Waals surface area contributed by atoms with Crippen molar-refractivity contribution in [2.24, 2.45) is 0 Å². The summed E-state index contributed by atoms with van der Waals surface area (Å²) in [6, 6.07) is 34.4. The maximum atomic E-state index is 6.04. The first kappa shape index (κ1) is 17.6. The van der Waals surface area contributed by atoms with Gasteiger partial charge in [-0.1, -0.05) is 66.7 Å². The van der Waals surface area contributed by atoms with Crippen molar-refractivity contribution in [1.82, 2.24) is 4.57 Å². The highest BCUT2D eigenvalue weighted by molar-refractivity contribution is 6.05. The molecule has 32 heavy (non-hydrogen) atoms. The predicted octanol–water partition coefficient (Wildman–Crippen LogP) is 7.88. The van der Waals surface area contributed by atoms with E-state index in [-0.39, 0.29) is 0 Å². The van der Waals surface area contributed by atoms with E-state index >= 15 is 0 Å². The van der Waals surface area contributed by atoms with Crippen molar-refractivity contribution in [3.05, 3.63) is 120 Å². The van der Waals surface area contributed by atoms with Crippen molar-refractivity contribution in [1.29, 1.82) is 0 Å². The number of hydrogen-bond donors (Lipinski definition) is 0. The molecule has 2 heterocycles. The quantitative estimate of drug-likeness (QED) is 0.283. The fourth-order valence-corrected chi connectivity index (χ4v) is 5.27. The van der Waals surface area contributed by atoms with Gasteiger partial charge in [-0.15, -0.1) is 0 Å². The highest BCUT2D eigenvalue weighted by Crippen LogP contribution is 2.39. The Hall–Kier alpha value is -4.04. The molecular formula is C30H21NO. The molecule has 0 saturated carbocycles. The lowest BCUT2D eigenvalue weighted by Gasteiger charge is -2.19. The molecule has 7 rings (SSSR count). The van der Waals surface area contributed by atoms with Gasteiger partial charge in [0.05, 0.1) is 5.52 Å². The molecule has 1 aliphatic carbocycles. The van der Waals surface area contributed by atoms with Crippen LogP contribution >= 0.6 is 0 Å². The zero-order valence-corrected chi connectivity index (χ0v) is 17.5. The van der Waals surface area contributed by atoms with Crippen molar-refractivity contribution < 1.29 is 4.42 Å². The highest BCUT2D eigenvalue weighted by atomic mass is 16.3. The van der Waals surface area contributed by atoms with Crippen molar-refractivity contribution in [3.63, 3.8) is 0 Å². The fraction of sp³-hybridized carbons (Fsp3) is 0.0667. The fourth-order valence-electron chi connectivity index (χ4n) is 5.27. The molecular weight excluding hydrogens is 390 g/mol. The van der Waals surface area contributed by atoms with Crippen molar-refractivity contribution in [3.8, 4) is 5.69 Å².